The van der Waals surface area contributed by atoms with E-state index in [2.05, 4.69) is 28.7 Å². The molecule has 0 spiro atoms. The minimum Gasteiger partial charge on any atom is -0.494 e. The molecule has 0 unspecified atom stereocenters. The Bertz CT molecular complexity index is 479. The van der Waals surface area contributed by atoms with Crippen LogP contribution >= 0.6 is 0 Å². The van der Waals surface area contributed by atoms with E-state index in [1.165, 1.54) is 0 Å². The van der Waals surface area contributed by atoms with Crippen molar-refractivity contribution in [2.45, 2.75) is 26.3 Å². The first kappa shape index (κ1) is 13.5. The van der Waals surface area contributed by atoms with Gasteiger partial charge in [-0.05, 0) is 32.4 Å². The van der Waals surface area contributed by atoms with Gasteiger partial charge >= 0.3 is 0 Å². The summed E-state index contributed by atoms with van der Waals surface area (Å²) in [5, 5.41) is 3.33. The molecular formula is C15H21N3O. The van der Waals surface area contributed by atoms with E-state index < -0.39 is 0 Å². The van der Waals surface area contributed by atoms with Crippen LogP contribution in [0.25, 0.3) is 0 Å². The van der Waals surface area contributed by atoms with Crippen molar-refractivity contribution in [2.75, 3.05) is 18.5 Å². The number of imidazole rings is 1. The normalized spacial score (nSPS) is 10.7. The predicted octanol–water partition coefficient (Wildman–Crippen LogP) is 3.35. The molecule has 19 heavy (non-hydrogen) atoms. The third kappa shape index (κ3) is 4.02. The van der Waals surface area contributed by atoms with Gasteiger partial charge in [0.2, 0.25) is 5.95 Å². The van der Waals surface area contributed by atoms with Gasteiger partial charge in [0.05, 0.1) is 6.61 Å². The summed E-state index contributed by atoms with van der Waals surface area (Å²) < 4.78 is 7.76. The highest BCUT2D eigenvalue weighted by atomic mass is 16.5. The number of ether oxygens (including phenoxy) is 1. The van der Waals surface area contributed by atoms with Crippen molar-refractivity contribution in [3.05, 3.63) is 42.7 Å². The van der Waals surface area contributed by atoms with Crippen molar-refractivity contribution in [1.82, 2.24) is 9.55 Å². The molecule has 0 saturated heterocycles. The first-order valence-corrected chi connectivity index (χ1v) is 6.72. The second-order valence-electron chi connectivity index (χ2n) is 4.69. The van der Waals surface area contributed by atoms with Crippen molar-refractivity contribution >= 4 is 5.95 Å². The van der Waals surface area contributed by atoms with Crippen LogP contribution in [0.3, 0.4) is 0 Å². The highest BCUT2D eigenvalue weighted by molar-refractivity contribution is 5.26. The third-order valence-electron chi connectivity index (χ3n) is 2.84. The van der Waals surface area contributed by atoms with Gasteiger partial charge in [-0.2, -0.15) is 0 Å². The minimum absolute atomic E-state index is 0.422. The van der Waals surface area contributed by atoms with Crippen LogP contribution in [0.15, 0.2) is 42.7 Å². The van der Waals surface area contributed by atoms with Crippen LogP contribution in [0.5, 0.6) is 5.75 Å². The third-order valence-corrected chi connectivity index (χ3v) is 2.84. The van der Waals surface area contributed by atoms with Crippen molar-refractivity contribution in [1.29, 1.82) is 0 Å². The van der Waals surface area contributed by atoms with Gasteiger partial charge in [-0.1, -0.05) is 18.2 Å². The van der Waals surface area contributed by atoms with Crippen LogP contribution in [0.4, 0.5) is 5.95 Å². The Labute approximate surface area is 114 Å². The Morgan fingerprint density at radius 2 is 2.05 bits per heavy atom. The van der Waals surface area contributed by atoms with Crippen molar-refractivity contribution in [2.24, 2.45) is 0 Å². The molecule has 0 aliphatic rings. The van der Waals surface area contributed by atoms with E-state index in [4.69, 9.17) is 4.74 Å². The molecule has 0 fully saturated rings. The Kier molecular flexibility index (Phi) is 4.84. The zero-order valence-electron chi connectivity index (χ0n) is 11.5. The maximum absolute atomic E-state index is 5.64. The van der Waals surface area contributed by atoms with Gasteiger partial charge in [0.1, 0.15) is 5.75 Å². The van der Waals surface area contributed by atoms with E-state index >= 15 is 0 Å². The number of anilines is 1. The summed E-state index contributed by atoms with van der Waals surface area (Å²) in [5.41, 5.74) is 0. The molecule has 0 atom stereocenters. The van der Waals surface area contributed by atoms with Crippen LogP contribution in [-0.4, -0.2) is 22.7 Å². The molecule has 2 aromatic rings. The molecule has 1 N–H and O–H groups in total. The maximum Gasteiger partial charge on any atom is 0.203 e. The van der Waals surface area contributed by atoms with E-state index in [9.17, 15) is 0 Å². The summed E-state index contributed by atoms with van der Waals surface area (Å²) in [4.78, 5) is 4.30. The van der Waals surface area contributed by atoms with Gasteiger partial charge in [0.25, 0.3) is 0 Å². The van der Waals surface area contributed by atoms with Crippen LogP contribution in [0.2, 0.25) is 0 Å². The number of rotatable bonds is 7. The van der Waals surface area contributed by atoms with Crippen molar-refractivity contribution in [3.8, 4) is 5.75 Å². The van der Waals surface area contributed by atoms with Crippen LogP contribution in [0.1, 0.15) is 26.3 Å². The second kappa shape index (κ2) is 6.83. The predicted molar refractivity (Wildman–Crippen MR) is 77.7 cm³/mol. The minimum atomic E-state index is 0.422. The monoisotopic (exact) mass is 259 g/mol. The van der Waals surface area contributed by atoms with E-state index in [0.717, 1.165) is 24.7 Å². The Morgan fingerprint density at radius 3 is 2.79 bits per heavy atom. The van der Waals surface area contributed by atoms with Gasteiger partial charge in [-0.15, -0.1) is 0 Å². The molecule has 1 aromatic heterocycles. The van der Waals surface area contributed by atoms with Gasteiger partial charge in [0.15, 0.2) is 0 Å². The summed E-state index contributed by atoms with van der Waals surface area (Å²) in [6.45, 7) is 5.85. The summed E-state index contributed by atoms with van der Waals surface area (Å²) in [6.07, 6.45) is 4.76. The molecule has 102 valence electrons. The lowest BCUT2D eigenvalue weighted by molar-refractivity contribution is 0.315. The zero-order valence-corrected chi connectivity index (χ0v) is 11.5. The fourth-order valence-electron chi connectivity index (χ4n) is 1.85. The molecular weight excluding hydrogens is 238 g/mol. The molecule has 4 heteroatoms. The lowest BCUT2D eigenvalue weighted by atomic mass is 10.3. The standard InChI is InChI=1S/C15H21N3O/c1-13(2)18-11-10-17-15(18)16-9-6-12-19-14-7-4-3-5-8-14/h3-5,7-8,10-11,13H,6,9,12H2,1-2H3,(H,16,17). The molecule has 0 saturated carbocycles. The molecule has 0 aliphatic heterocycles. The SMILES string of the molecule is CC(C)n1ccnc1NCCCOc1ccccc1. The van der Waals surface area contributed by atoms with Gasteiger partial charge in [0, 0.05) is 25.0 Å². The Balaban J connectivity index is 1.68. The first-order chi connectivity index (χ1) is 9.27. The largest absolute Gasteiger partial charge is 0.494 e. The van der Waals surface area contributed by atoms with Crippen LogP contribution < -0.4 is 10.1 Å². The Morgan fingerprint density at radius 1 is 1.26 bits per heavy atom. The number of nitrogens with zero attached hydrogens (tertiary/aromatic N) is 2. The lowest BCUT2D eigenvalue weighted by Crippen LogP contribution is -2.12. The van der Waals surface area contributed by atoms with Gasteiger partial charge in [-0.25, -0.2) is 4.98 Å². The molecule has 2 rings (SSSR count). The summed E-state index contributed by atoms with van der Waals surface area (Å²) in [5.74, 6) is 1.85. The highest BCUT2D eigenvalue weighted by Crippen LogP contribution is 2.12. The fourth-order valence-corrected chi connectivity index (χ4v) is 1.85. The number of hydrogen-bond acceptors (Lipinski definition) is 3. The van der Waals surface area contributed by atoms with Gasteiger partial charge in [-0.3, -0.25) is 0 Å². The Hall–Kier alpha value is -1.97. The van der Waals surface area contributed by atoms with Crippen molar-refractivity contribution < 1.29 is 4.74 Å². The van der Waals surface area contributed by atoms with Gasteiger partial charge < -0.3 is 14.6 Å². The number of aromatic nitrogens is 2. The van der Waals surface area contributed by atoms with E-state index in [1.807, 2.05) is 42.7 Å². The quantitative estimate of drug-likeness (QED) is 0.775. The number of benzene rings is 1. The summed E-state index contributed by atoms with van der Waals surface area (Å²) in [7, 11) is 0. The average molecular weight is 259 g/mol. The fraction of sp³-hybridized carbons (Fsp3) is 0.400. The molecule has 0 bridgehead atoms. The molecule has 1 aromatic carbocycles. The molecule has 4 nitrogen and oxygen atoms in total. The highest BCUT2D eigenvalue weighted by Gasteiger charge is 2.04. The van der Waals surface area contributed by atoms with Crippen molar-refractivity contribution in [3.63, 3.8) is 0 Å². The number of hydrogen-bond donors (Lipinski definition) is 1. The topological polar surface area (TPSA) is 39.1 Å². The number of nitrogens with one attached hydrogen (secondary N) is 1. The smallest absolute Gasteiger partial charge is 0.203 e. The number of para-hydroxylation sites is 1. The zero-order chi connectivity index (χ0) is 13.5. The molecule has 0 amide bonds. The molecule has 1 heterocycles. The van der Waals surface area contributed by atoms with Crippen LogP contribution in [0, 0.1) is 0 Å². The first-order valence-electron chi connectivity index (χ1n) is 6.72. The van der Waals surface area contributed by atoms with E-state index in [1.54, 1.807) is 0 Å². The van der Waals surface area contributed by atoms with Crippen LogP contribution in [-0.2, 0) is 0 Å². The average Bonchev–Trinajstić information content (AvgIpc) is 2.88. The summed E-state index contributed by atoms with van der Waals surface area (Å²) >= 11 is 0. The maximum atomic E-state index is 5.64. The molecule has 0 aliphatic carbocycles. The van der Waals surface area contributed by atoms with E-state index in [0.29, 0.717) is 12.6 Å². The second-order valence-corrected chi connectivity index (χ2v) is 4.69. The van der Waals surface area contributed by atoms with E-state index in [-0.39, 0.29) is 0 Å². The summed E-state index contributed by atoms with van der Waals surface area (Å²) in [6, 6.07) is 10.3. The lowest BCUT2D eigenvalue weighted by Gasteiger charge is -2.12. The molecule has 0 radical (unpaired) electrons.